The Kier molecular flexibility index (Phi) is 5.36. The number of carbonyl (C=O) groups excluding carboxylic acids is 1. The molecule has 0 radical (unpaired) electrons. The zero-order valence-electron chi connectivity index (χ0n) is 8.86. The Labute approximate surface area is 93.7 Å². The fourth-order valence-electron chi connectivity index (χ4n) is 1.31. The van der Waals surface area contributed by atoms with Crippen LogP contribution in [0.2, 0.25) is 0 Å². The van der Waals surface area contributed by atoms with Gasteiger partial charge in [-0.2, -0.15) is 0 Å². The molecule has 0 spiro atoms. The molecule has 0 amide bonds. The summed E-state index contributed by atoms with van der Waals surface area (Å²) in [6, 6.07) is 3.77. The van der Waals surface area contributed by atoms with Crippen molar-refractivity contribution in [3.05, 3.63) is 21.9 Å². The standard InChI is InChI=1S/C11H16O3S/c1-14-11(13)10-7-6-9(15-10)5-3-2-4-8-12/h6-7,12H,2-5,8H2,1H3. The Morgan fingerprint density at radius 1 is 1.40 bits per heavy atom. The van der Waals surface area contributed by atoms with Crippen LogP contribution in [0.3, 0.4) is 0 Å². The second kappa shape index (κ2) is 6.58. The summed E-state index contributed by atoms with van der Waals surface area (Å²) in [5, 5.41) is 8.61. The lowest BCUT2D eigenvalue weighted by molar-refractivity contribution is 0.0606. The number of thiophene rings is 1. The molecule has 1 aromatic heterocycles. The lowest BCUT2D eigenvalue weighted by Crippen LogP contribution is -1.96. The SMILES string of the molecule is COC(=O)c1ccc(CCCCCO)s1. The van der Waals surface area contributed by atoms with Crippen molar-refractivity contribution < 1.29 is 14.6 Å². The number of esters is 1. The van der Waals surface area contributed by atoms with Crippen LogP contribution in [0.4, 0.5) is 0 Å². The maximum absolute atomic E-state index is 11.2. The molecule has 4 heteroatoms. The Balaban J connectivity index is 2.36. The quantitative estimate of drug-likeness (QED) is 0.600. The highest BCUT2D eigenvalue weighted by molar-refractivity contribution is 7.13. The van der Waals surface area contributed by atoms with Crippen molar-refractivity contribution in [2.24, 2.45) is 0 Å². The topological polar surface area (TPSA) is 46.5 Å². The van der Waals surface area contributed by atoms with Gasteiger partial charge >= 0.3 is 5.97 Å². The Morgan fingerprint density at radius 3 is 2.87 bits per heavy atom. The summed E-state index contributed by atoms with van der Waals surface area (Å²) in [4.78, 5) is 13.0. The van der Waals surface area contributed by atoms with E-state index in [1.54, 1.807) is 6.07 Å². The predicted octanol–water partition coefficient (Wildman–Crippen LogP) is 2.24. The van der Waals surface area contributed by atoms with Crippen LogP contribution >= 0.6 is 11.3 Å². The summed E-state index contributed by atoms with van der Waals surface area (Å²) in [7, 11) is 1.39. The van der Waals surface area contributed by atoms with E-state index in [0.717, 1.165) is 25.7 Å². The lowest BCUT2D eigenvalue weighted by Gasteiger charge is -1.96. The van der Waals surface area contributed by atoms with Gasteiger partial charge in [0.15, 0.2) is 0 Å². The van der Waals surface area contributed by atoms with Crippen molar-refractivity contribution in [3.63, 3.8) is 0 Å². The summed E-state index contributed by atoms with van der Waals surface area (Å²) in [5.41, 5.74) is 0. The Morgan fingerprint density at radius 2 is 2.20 bits per heavy atom. The van der Waals surface area contributed by atoms with Gasteiger partial charge in [0.1, 0.15) is 4.88 Å². The van der Waals surface area contributed by atoms with Gasteiger partial charge in [-0.05, 0) is 31.4 Å². The number of carbonyl (C=O) groups is 1. The molecule has 1 heterocycles. The van der Waals surface area contributed by atoms with Gasteiger partial charge < -0.3 is 9.84 Å². The number of aliphatic hydroxyl groups excluding tert-OH is 1. The maximum atomic E-state index is 11.2. The highest BCUT2D eigenvalue weighted by atomic mass is 32.1. The molecule has 1 N–H and O–H groups in total. The van der Waals surface area contributed by atoms with Gasteiger partial charge in [-0.25, -0.2) is 4.79 Å². The molecule has 0 bridgehead atoms. The number of methoxy groups -OCH3 is 1. The van der Waals surface area contributed by atoms with E-state index in [1.165, 1.54) is 23.3 Å². The predicted molar refractivity (Wildman–Crippen MR) is 60.3 cm³/mol. The van der Waals surface area contributed by atoms with Crippen molar-refractivity contribution in [2.75, 3.05) is 13.7 Å². The molecule has 0 aliphatic rings. The molecule has 0 aliphatic heterocycles. The molecule has 3 nitrogen and oxygen atoms in total. The van der Waals surface area contributed by atoms with Crippen molar-refractivity contribution in [2.45, 2.75) is 25.7 Å². The largest absolute Gasteiger partial charge is 0.465 e. The third-order valence-corrected chi connectivity index (χ3v) is 3.25. The lowest BCUT2D eigenvalue weighted by atomic mass is 10.2. The zero-order chi connectivity index (χ0) is 11.1. The van der Waals surface area contributed by atoms with Gasteiger partial charge in [0, 0.05) is 11.5 Å². The van der Waals surface area contributed by atoms with E-state index in [9.17, 15) is 4.79 Å². The molecule has 0 unspecified atom stereocenters. The minimum Gasteiger partial charge on any atom is -0.465 e. The average Bonchev–Trinajstić information content (AvgIpc) is 2.72. The van der Waals surface area contributed by atoms with E-state index in [2.05, 4.69) is 4.74 Å². The minimum atomic E-state index is -0.262. The van der Waals surface area contributed by atoms with Gasteiger partial charge in [0.25, 0.3) is 0 Å². The molecule has 0 saturated carbocycles. The van der Waals surface area contributed by atoms with E-state index in [4.69, 9.17) is 5.11 Å². The van der Waals surface area contributed by atoms with E-state index in [1.807, 2.05) is 6.07 Å². The highest BCUT2D eigenvalue weighted by Crippen LogP contribution is 2.19. The van der Waals surface area contributed by atoms with Crippen molar-refractivity contribution in [1.82, 2.24) is 0 Å². The smallest absolute Gasteiger partial charge is 0.348 e. The van der Waals surface area contributed by atoms with E-state index in [0.29, 0.717) is 4.88 Å². The minimum absolute atomic E-state index is 0.262. The zero-order valence-corrected chi connectivity index (χ0v) is 9.68. The van der Waals surface area contributed by atoms with Crippen LogP contribution in [0.25, 0.3) is 0 Å². The van der Waals surface area contributed by atoms with Gasteiger partial charge in [-0.15, -0.1) is 11.3 Å². The third-order valence-electron chi connectivity index (χ3n) is 2.13. The van der Waals surface area contributed by atoms with Crippen LogP contribution in [-0.4, -0.2) is 24.8 Å². The van der Waals surface area contributed by atoms with Crippen LogP contribution in [-0.2, 0) is 11.2 Å². The molecule has 84 valence electrons. The second-order valence-corrected chi connectivity index (χ2v) is 4.46. The van der Waals surface area contributed by atoms with Crippen LogP contribution in [0.15, 0.2) is 12.1 Å². The molecule has 1 aromatic rings. The number of hydrogen-bond donors (Lipinski definition) is 1. The Bertz CT molecular complexity index is 307. The third kappa shape index (κ3) is 4.01. The number of rotatable bonds is 6. The van der Waals surface area contributed by atoms with Gasteiger partial charge in [-0.3, -0.25) is 0 Å². The number of hydrogen-bond acceptors (Lipinski definition) is 4. The van der Waals surface area contributed by atoms with Crippen molar-refractivity contribution in [3.8, 4) is 0 Å². The fraction of sp³-hybridized carbons (Fsp3) is 0.545. The molecule has 15 heavy (non-hydrogen) atoms. The Hall–Kier alpha value is -0.870. The summed E-state index contributed by atoms with van der Waals surface area (Å²) in [5.74, 6) is -0.262. The molecule has 1 rings (SSSR count). The fourth-order valence-corrected chi connectivity index (χ4v) is 2.28. The van der Waals surface area contributed by atoms with E-state index >= 15 is 0 Å². The van der Waals surface area contributed by atoms with Crippen molar-refractivity contribution >= 4 is 17.3 Å². The summed E-state index contributed by atoms with van der Waals surface area (Å²) >= 11 is 1.49. The first-order chi connectivity index (χ1) is 7.27. The number of unbranched alkanes of at least 4 members (excludes halogenated alkanes) is 2. The summed E-state index contributed by atoms with van der Waals surface area (Å²) < 4.78 is 4.63. The van der Waals surface area contributed by atoms with Gasteiger partial charge in [0.2, 0.25) is 0 Å². The molecule has 0 aliphatic carbocycles. The molecule has 0 saturated heterocycles. The van der Waals surface area contributed by atoms with Crippen LogP contribution in [0.5, 0.6) is 0 Å². The number of aryl methyl sites for hydroxylation is 1. The van der Waals surface area contributed by atoms with Crippen molar-refractivity contribution in [1.29, 1.82) is 0 Å². The monoisotopic (exact) mass is 228 g/mol. The van der Waals surface area contributed by atoms with Crippen LogP contribution in [0.1, 0.15) is 33.8 Å². The molecular formula is C11H16O3S. The van der Waals surface area contributed by atoms with E-state index < -0.39 is 0 Å². The highest BCUT2D eigenvalue weighted by Gasteiger charge is 2.08. The normalized spacial score (nSPS) is 10.3. The molecule has 0 aromatic carbocycles. The summed E-state index contributed by atoms with van der Waals surface area (Å²) in [6.45, 7) is 0.262. The summed E-state index contributed by atoms with van der Waals surface area (Å²) in [6.07, 6.45) is 3.92. The number of ether oxygens (including phenoxy) is 1. The van der Waals surface area contributed by atoms with E-state index in [-0.39, 0.29) is 12.6 Å². The average molecular weight is 228 g/mol. The first-order valence-electron chi connectivity index (χ1n) is 5.06. The molecule has 0 atom stereocenters. The first-order valence-corrected chi connectivity index (χ1v) is 5.87. The molecule has 0 fully saturated rings. The van der Waals surface area contributed by atoms with Crippen LogP contribution < -0.4 is 0 Å². The van der Waals surface area contributed by atoms with Gasteiger partial charge in [-0.1, -0.05) is 6.42 Å². The van der Waals surface area contributed by atoms with Crippen LogP contribution in [0, 0.1) is 0 Å². The molecular weight excluding hydrogens is 212 g/mol. The number of aliphatic hydroxyl groups is 1. The second-order valence-electron chi connectivity index (χ2n) is 3.29. The maximum Gasteiger partial charge on any atom is 0.348 e. The first kappa shape index (κ1) is 12.2. The van der Waals surface area contributed by atoms with Gasteiger partial charge in [0.05, 0.1) is 7.11 Å².